The highest BCUT2D eigenvalue weighted by Gasteiger charge is 2.17. The van der Waals surface area contributed by atoms with Crippen molar-refractivity contribution >= 4 is 27.5 Å². The quantitative estimate of drug-likeness (QED) is 0.287. The van der Waals surface area contributed by atoms with Crippen LogP contribution in [0, 0.1) is 12.7 Å². The van der Waals surface area contributed by atoms with Gasteiger partial charge in [-0.1, -0.05) is 37.6 Å². The maximum absolute atomic E-state index is 13.3. The number of pyridine rings is 2. The van der Waals surface area contributed by atoms with Crippen LogP contribution in [0.1, 0.15) is 36.8 Å². The van der Waals surface area contributed by atoms with Gasteiger partial charge in [-0.15, -0.1) is 0 Å². The Morgan fingerprint density at radius 2 is 1.85 bits per heavy atom. The lowest BCUT2D eigenvalue weighted by atomic mass is 10.2. The van der Waals surface area contributed by atoms with E-state index in [0.717, 1.165) is 5.56 Å². The number of ether oxygens (including phenoxy) is 1. The van der Waals surface area contributed by atoms with Gasteiger partial charge in [0.25, 0.3) is 5.56 Å². The van der Waals surface area contributed by atoms with Gasteiger partial charge < -0.3 is 4.74 Å². The second-order valence-electron chi connectivity index (χ2n) is 8.00. The fraction of sp³-hybridized carbons (Fsp3) is 0.200. The predicted molar refractivity (Wildman–Crippen MR) is 133 cm³/mol. The number of rotatable bonds is 6. The van der Waals surface area contributed by atoms with E-state index in [0.29, 0.717) is 39.4 Å². The molecule has 0 fully saturated rings. The molecule has 0 unspecified atom stereocenters. The average Bonchev–Trinajstić information content (AvgIpc) is 2.82. The van der Waals surface area contributed by atoms with Gasteiger partial charge in [-0.2, -0.15) is 0 Å². The molecule has 4 aromatic rings. The molecule has 0 atom stereocenters. The maximum Gasteiger partial charge on any atom is 0.273 e. The second-order valence-corrected chi connectivity index (χ2v) is 9.20. The van der Waals surface area contributed by atoms with E-state index in [1.54, 1.807) is 43.5 Å². The van der Waals surface area contributed by atoms with Crippen molar-refractivity contribution in [2.24, 2.45) is 0 Å². The smallest absolute Gasteiger partial charge is 0.273 e. The van der Waals surface area contributed by atoms with Crippen molar-refractivity contribution in [3.8, 4) is 22.8 Å². The van der Waals surface area contributed by atoms with Gasteiger partial charge in [0.15, 0.2) is 0 Å². The fourth-order valence-electron chi connectivity index (χ4n) is 3.36. The monoisotopic (exact) mass is 542 g/mol. The summed E-state index contributed by atoms with van der Waals surface area (Å²) < 4.78 is 20.7. The molecule has 1 aromatic carbocycles. The van der Waals surface area contributed by atoms with Crippen LogP contribution >= 0.6 is 27.5 Å². The molecule has 3 aromatic heterocycles. The van der Waals surface area contributed by atoms with E-state index >= 15 is 0 Å². The summed E-state index contributed by atoms with van der Waals surface area (Å²) in [6.45, 7) is 6.00. The van der Waals surface area contributed by atoms with Crippen LogP contribution < -0.4 is 10.3 Å². The number of halogens is 3. The van der Waals surface area contributed by atoms with Crippen LogP contribution in [-0.4, -0.2) is 19.5 Å². The zero-order chi connectivity index (χ0) is 24.4. The highest BCUT2D eigenvalue weighted by Crippen LogP contribution is 2.29. The summed E-state index contributed by atoms with van der Waals surface area (Å²) in [5.74, 6) is 0.926. The number of benzene rings is 1. The first-order valence-electron chi connectivity index (χ1n) is 10.5. The van der Waals surface area contributed by atoms with Crippen molar-refractivity contribution in [3.05, 3.63) is 97.6 Å². The van der Waals surface area contributed by atoms with Crippen molar-refractivity contribution in [2.45, 2.75) is 33.3 Å². The van der Waals surface area contributed by atoms with Gasteiger partial charge in [-0.05, 0) is 52.7 Å². The first-order valence-corrected chi connectivity index (χ1v) is 11.7. The van der Waals surface area contributed by atoms with Crippen LogP contribution in [0.25, 0.3) is 17.1 Å². The molecule has 0 aliphatic heterocycles. The van der Waals surface area contributed by atoms with Crippen molar-refractivity contribution < 1.29 is 9.13 Å². The van der Waals surface area contributed by atoms with Crippen molar-refractivity contribution in [1.29, 1.82) is 0 Å². The Bertz CT molecular complexity index is 1410. The normalized spacial score (nSPS) is 11.1. The van der Waals surface area contributed by atoms with Gasteiger partial charge in [0.1, 0.15) is 28.5 Å². The lowest BCUT2D eigenvalue weighted by Crippen LogP contribution is -2.22. The van der Waals surface area contributed by atoms with E-state index < -0.39 is 0 Å². The van der Waals surface area contributed by atoms with Gasteiger partial charge in [0, 0.05) is 30.1 Å². The number of nitrogens with zero attached hydrogens (tertiary/aromatic N) is 4. The van der Waals surface area contributed by atoms with Gasteiger partial charge in [0.2, 0.25) is 0 Å². The standard InChI is InChI=1S/C25H21BrClFN4O2/c1-14(2)24-29-9-8-19(31-24)20-11-21(18(27)12-30-20)32-15(3)10-22(23(26)25(32)33)34-13-16-4-6-17(28)7-5-16/h4-12,14H,13H2,1-3H3. The van der Waals surface area contributed by atoms with Crippen molar-refractivity contribution in [2.75, 3.05) is 0 Å². The first kappa shape index (κ1) is 24.0. The molecule has 0 radical (unpaired) electrons. The van der Waals surface area contributed by atoms with E-state index in [1.807, 2.05) is 13.8 Å². The molecule has 3 heterocycles. The number of aryl methyl sites for hydroxylation is 1. The van der Waals surface area contributed by atoms with Crippen LogP contribution in [0.3, 0.4) is 0 Å². The number of hydrogen-bond donors (Lipinski definition) is 0. The summed E-state index contributed by atoms with van der Waals surface area (Å²) in [6, 6.07) is 11.2. The molecule has 0 aliphatic carbocycles. The molecule has 0 saturated heterocycles. The Morgan fingerprint density at radius 1 is 1.12 bits per heavy atom. The molecule has 4 rings (SSSR count). The molecule has 0 amide bonds. The Morgan fingerprint density at radius 3 is 2.56 bits per heavy atom. The minimum Gasteiger partial charge on any atom is -0.487 e. The number of aromatic nitrogens is 4. The van der Waals surface area contributed by atoms with E-state index in [2.05, 4.69) is 30.9 Å². The minimum atomic E-state index is -0.335. The van der Waals surface area contributed by atoms with Crippen LogP contribution in [0.4, 0.5) is 4.39 Å². The molecular formula is C25H21BrClFN4O2. The summed E-state index contributed by atoms with van der Waals surface area (Å²) in [5.41, 5.74) is 2.75. The maximum atomic E-state index is 13.3. The molecule has 34 heavy (non-hydrogen) atoms. The van der Waals surface area contributed by atoms with E-state index in [1.165, 1.54) is 22.9 Å². The second kappa shape index (κ2) is 10.0. The van der Waals surface area contributed by atoms with Gasteiger partial charge in [0.05, 0.1) is 22.1 Å². The molecule has 6 nitrogen and oxygen atoms in total. The highest BCUT2D eigenvalue weighted by atomic mass is 79.9. The van der Waals surface area contributed by atoms with Crippen LogP contribution in [0.5, 0.6) is 5.75 Å². The van der Waals surface area contributed by atoms with Crippen LogP contribution in [0.15, 0.2) is 64.1 Å². The summed E-state index contributed by atoms with van der Waals surface area (Å²) in [7, 11) is 0. The van der Waals surface area contributed by atoms with Crippen LogP contribution in [-0.2, 0) is 6.61 Å². The van der Waals surface area contributed by atoms with Crippen molar-refractivity contribution in [3.63, 3.8) is 0 Å². The summed E-state index contributed by atoms with van der Waals surface area (Å²) in [4.78, 5) is 26.6. The number of hydrogen-bond acceptors (Lipinski definition) is 5. The Hall–Kier alpha value is -3.10. The van der Waals surface area contributed by atoms with E-state index in [4.69, 9.17) is 16.3 Å². The Balaban J connectivity index is 1.71. The zero-order valence-corrected chi connectivity index (χ0v) is 21.1. The highest BCUT2D eigenvalue weighted by molar-refractivity contribution is 9.10. The molecular weight excluding hydrogens is 523 g/mol. The van der Waals surface area contributed by atoms with E-state index in [9.17, 15) is 9.18 Å². The Labute approximate surface area is 209 Å². The van der Waals surface area contributed by atoms with Crippen LogP contribution in [0.2, 0.25) is 5.02 Å². The summed E-state index contributed by atoms with van der Waals surface area (Å²) >= 11 is 9.82. The predicted octanol–water partition coefficient (Wildman–Crippen LogP) is 6.26. The summed E-state index contributed by atoms with van der Waals surface area (Å²) in [5, 5.41) is 0.318. The van der Waals surface area contributed by atoms with Crippen molar-refractivity contribution in [1.82, 2.24) is 19.5 Å². The Kier molecular flexibility index (Phi) is 7.09. The third-order valence-corrected chi connectivity index (χ3v) is 6.16. The molecule has 0 saturated carbocycles. The fourth-order valence-corrected chi connectivity index (χ4v) is 3.96. The van der Waals surface area contributed by atoms with Gasteiger partial charge in [-0.3, -0.25) is 14.3 Å². The van der Waals surface area contributed by atoms with E-state index in [-0.39, 0.29) is 28.4 Å². The van der Waals surface area contributed by atoms with Gasteiger partial charge >= 0.3 is 0 Å². The largest absolute Gasteiger partial charge is 0.487 e. The molecule has 0 N–H and O–H groups in total. The molecule has 0 spiro atoms. The summed E-state index contributed by atoms with van der Waals surface area (Å²) in [6.07, 6.45) is 3.19. The topological polar surface area (TPSA) is 69.9 Å². The zero-order valence-electron chi connectivity index (χ0n) is 18.7. The average molecular weight is 544 g/mol. The third-order valence-electron chi connectivity index (χ3n) is 5.14. The SMILES string of the molecule is Cc1cc(OCc2ccc(F)cc2)c(Br)c(=O)n1-c1cc(-c2ccnc(C(C)C)n2)ncc1Cl. The molecule has 174 valence electrons. The lowest BCUT2D eigenvalue weighted by Gasteiger charge is -2.16. The molecule has 9 heteroatoms. The molecule has 0 bridgehead atoms. The van der Waals surface area contributed by atoms with Gasteiger partial charge in [-0.25, -0.2) is 14.4 Å². The third kappa shape index (κ3) is 5.03. The molecule has 0 aliphatic rings. The lowest BCUT2D eigenvalue weighted by molar-refractivity contribution is 0.302. The first-order chi connectivity index (χ1) is 16.2. The minimum absolute atomic E-state index is 0.162.